The number of nitrogens with zero attached hydrogens (tertiary/aromatic N) is 2. The number of aliphatic hydroxyl groups excluding tert-OH is 1. The van der Waals surface area contributed by atoms with Crippen LogP contribution in [0.4, 0.5) is 0 Å². The lowest BCUT2D eigenvalue weighted by Gasteiger charge is -2.17. The summed E-state index contributed by atoms with van der Waals surface area (Å²) < 4.78 is 0. The number of fused-ring (bicyclic) bond motifs is 4. The predicted molar refractivity (Wildman–Crippen MR) is 110 cm³/mol. The first kappa shape index (κ1) is 19.0. The number of imide groups is 1. The zero-order valence-corrected chi connectivity index (χ0v) is 17.2. The Morgan fingerprint density at radius 2 is 1.13 bits per heavy atom. The summed E-state index contributed by atoms with van der Waals surface area (Å²) in [5, 5.41) is 10.4. The smallest absolute Gasteiger partial charge is 0.261 e. The highest BCUT2D eigenvalue weighted by molar-refractivity contribution is 6.21. The molecule has 0 bridgehead atoms. The van der Waals surface area contributed by atoms with E-state index in [1.807, 2.05) is 24.3 Å². The number of aliphatic hydroxyl groups is 1. The minimum Gasteiger partial charge on any atom is -0.369 e. The zero-order valence-electron chi connectivity index (χ0n) is 17.2. The summed E-state index contributed by atoms with van der Waals surface area (Å²) in [5.74, 6) is -0.582. The number of benzene rings is 2. The topological polar surface area (TPSA) is 77.9 Å². The zero-order chi connectivity index (χ0) is 21.2. The van der Waals surface area contributed by atoms with Crippen molar-refractivity contribution in [3.63, 3.8) is 0 Å². The molecule has 0 fully saturated rings. The molecular weight excluding hydrogens is 380 g/mol. The highest BCUT2D eigenvalue weighted by Gasteiger charge is 2.35. The van der Waals surface area contributed by atoms with Crippen molar-refractivity contribution >= 4 is 17.7 Å². The molecule has 2 aromatic rings. The summed E-state index contributed by atoms with van der Waals surface area (Å²) in [6.07, 6.45) is 4.23. The van der Waals surface area contributed by atoms with Crippen LogP contribution in [0.3, 0.4) is 0 Å². The van der Waals surface area contributed by atoms with Crippen LogP contribution in [0.2, 0.25) is 0 Å². The van der Waals surface area contributed by atoms with Crippen molar-refractivity contribution in [2.75, 3.05) is 14.1 Å². The summed E-state index contributed by atoms with van der Waals surface area (Å²) in [6.45, 7) is 0. The van der Waals surface area contributed by atoms with Gasteiger partial charge in [-0.3, -0.25) is 19.3 Å². The first-order valence-electron chi connectivity index (χ1n) is 10.5. The Kier molecular flexibility index (Phi) is 4.29. The molecule has 1 N–H and O–H groups in total. The molecule has 30 heavy (non-hydrogen) atoms. The van der Waals surface area contributed by atoms with E-state index in [9.17, 15) is 19.5 Å². The van der Waals surface area contributed by atoms with E-state index in [1.165, 1.54) is 28.0 Å². The van der Waals surface area contributed by atoms with E-state index in [4.69, 9.17) is 0 Å². The summed E-state index contributed by atoms with van der Waals surface area (Å²) in [5.41, 5.74) is 6.97. The van der Waals surface area contributed by atoms with Gasteiger partial charge in [0.1, 0.15) is 0 Å². The van der Waals surface area contributed by atoms with E-state index in [0.717, 1.165) is 49.7 Å². The van der Waals surface area contributed by atoms with Gasteiger partial charge in [0.05, 0.1) is 11.1 Å². The first-order chi connectivity index (χ1) is 14.4. The van der Waals surface area contributed by atoms with Crippen molar-refractivity contribution in [3.8, 4) is 0 Å². The van der Waals surface area contributed by atoms with Gasteiger partial charge < -0.3 is 10.0 Å². The minimum absolute atomic E-state index is 0.134. The largest absolute Gasteiger partial charge is 0.369 e. The second-order valence-electron chi connectivity index (χ2n) is 8.54. The van der Waals surface area contributed by atoms with Crippen LogP contribution in [0, 0.1) is 0 Å². The molecular formula is C24H24N2O4. The number of rotatable bonds is 0. The second-order valence-corrected chi connectivity index (χ2v) is 8.54. The highest BCUT2D eigenvalue weighted by Crippen LogP contribution is 2.34. The molecule has 1 atom stereocenters. The molecule has 2 aromatic carbocycles. The van der Waals surface area contributed by atoms with Crippen LogP contribution < -0.4 is 0 Å². The third-order valence-corrected chi connectivity index (χ3v) is 6.76. The fraction of sp³-hybridized carbons (Fsp3) is 0.375. The molecule has 0 spiro atoms. The maximum atomic E-state index is 12.4. The number of amides is 3. The molecule has 2 aliphatic heterocycles. The van der Waals surface area contributed by atoms with Gasteiger partial charge in [-0.15, -0.1) is 0 Å². The van der Waals surface area contributed by atoms with Gasteiger partial charge in [0.15, 0.2) is 6.23 Å². The SMILES string of the molecule is CN1C(=O)c2cc3c(cc2C1=O)CCCc1cc2c(cc1CCC3)C(=O)N(C)C2O. The number of hydrogen-bond donors (Lipinski definition) is 1. The Bertz CT molecular complexity index is 1120. The molecule has 6 heteroatoms. The van der Waals surface area contributed by atoms with Gasteiger partial charge >= 0.3 is 0 Å². The lowest BCUT2D eigenvalue weighted by Crippen LogP contribution is -2.24. The number of aryl methyl sites for hydroxylation is 4. The van der Waals surface area contributed by atoms with Crippen LogP contribution >= 0.6 is 0 Å². The monoisotopic (exact) mass is 404 g/mol. The third kappa shape index (κ3) is 2.70. The van der Waals surface area contributed by atoms with Crippen molar-refractivity contribution in [3.05, 3.63) is 68.8 Å². The molecule has 154 valence electrons. The van der Waals surface area contributed by atoms with Crippen LogP contribution in [0.15, 0.2) is 24.3 Å². The van der Waals surface area contributed by atoms with E-state index in [1.54, 1.807) is 7.05 Å². The lowest BCUT2D eigenvalue weighted by molar-refractivity contribution is 0.0301. The van der Waals surface area contributed by atoms with Gasteiger partial charge in [-0.2, -0.15) is 0 Å². The van der Waals surface area contributed by atoms with Gasteiger partial charge in [-0.25, -0.2) is 0 Å². The molecule has 2 heterocycles. The van der Waals surface area contributed by atoms with Gasteiger partial charge in [-0.05, 0) is 79.0 Å². The molecule has 0 aromatic heterocycles. The minimum atomic E-state index is -0.878. The Morgan fingerprint density at radius 3 is 1.63 bits per heavy atom. The van der Waals surface area contributed by atoms with E-state index in [0.29, 0.717) is 22.3 Å². The highest BCUT2D eigenvalue weighted by atomic mass is 16.3. The quantitative estimate of drug-likeness (QED) is 0.685. The van der Waals surface area contributed by atoms with E-state index >= 15 is 0 Å². The molecule has 0 saturated carbocycles. The summed E-state index contributed by atoms with van der Waals surface area (Å²) in [7, 11) is 3.15. The fourth-order valence-corrected chi connectivity index (χ4v) is 4.98. The van der Waals surface area contributed by atoms with Crippen LogP contribution in [0.25, 0.3) is 0 Å². The summed E-state index contributed by atoms with van der Waals surface area (Å²) >= 11 is 0. The third-order valence-electron chi connectivity index (χ3n) is 6.76. The fourth-order valence-electron chi connectivity index (χ4n) is 4.98. The van der Waals surface area contributed by atoms with E-state index in [2.05, 4.69) is 0 Å². The van der Waals surface area contributed by atoms with Crippen molar-refractivity contribution in [1.29, 1.82) is 0 Å². The van der Waals surface area contributed by atoms with Gasteiger partial charge in [-0.1, -0.05) is 6.07 Å². The normalized spacial score (nSPS) is 20.8. The maximum absolute atomic E-state index is 12.4. The Balaban J connectivity index is 1.48. The number of carbonyl (C=O) groups is 3. The predicted octanol–water partition coefficient (Wildman–Crippen LogP) is 2.65. The Hall–Kier alpha value is -2.99. The van der Waals surface area contributed by atoms with Crippen LogP contribution in [-0.4, -0.2) is 46.7 Å². The molecule has 0 radical (unpaired) electrons. The Labute approximate surface area is 175 Å². The van der Waals surface area contributed by atoms with Gasteiger partial charge in [0, 0.05) is 25.2 Å². The average molecular weight is 404 g/mol. The molecule has 3 amide bonds. The lowest BCUT2D eigenvalue weighted by atomic mass is 9.87. The summed E-state index contributed by atoms with van der Waals surface area (Å²) in [6, 6.07) is 7.78. The standard InChI is InChI=1S/C24H24N2O4/c1-25-21(27)17-9-13-5-3-7-15-11-19-20(24(30)26(2)23(19)29)12-16(15)8-4-6-14(13)10-18(17)22(25)28/h9-12,21,27H,3-8H2,1-2H3. The molecule has 5 rings (SSSR count). The molecule has 6 nitrogen and oxygen atoms in total. The molecule has 1 aliphatic carbocycles. The molecule has 3 aliphatic rings. The van der Waals surface area contributed by atoms with Crippen molar-refractivity contribution in [1.82, 2.24) is 9.80 Å². The number of hydrogen-bond acceptors (Lipinski definition) is 4. The Morgan fingerprint density at radius 1 is 0.700 bits per heavy atom. The second kappa shape index (κ2) is 6.77. The van der Waals surface area contributed by atoms with Crippen molar-refractivity contribution < 1.29 is 19.5 Å². The van der Waals surface area contributed by atoms with E-state index < -0.39 is 6.23 Å². The maximum Gasteiger partial charge on any atom is 0.261 e. The van der Waals surface area contributed by atoms with Gasteiger partial charge in [0.2, 0.25) is 0 Å². The summed E-state index contributed by atoms with van der Waals surface area (Å²) in [4.78, 5) is 39.7. The van der Waals surface area contributed by atoms with Crippen LogP contribution in [0.1, 0.15) is 78.0 Å². The van der Waals surface area contributed by atoms with Crippen LogP contribution in [-0.2, 0) is 25.7 Å². The number of carbonyl (C=O) groups excluding carboxylic acids is 3. The average Bonchev–Trinajstić information content (AvgIpc) is 3.08. The first-order valence-corrected chi connectivity index (χ1v) is 10.5. The van der Waals surface area contributed by atoms with Crippen molar-refractivity contribution in [2.24, 2.45) is 0 Å². The van der Waals surface area contributed by atoms with Gasteiger partial charge in [0.25, 0.3) is 17.7 Å². The molecule has 1 unspecified atom stereocenters. The molecule has 0 saturated heterocycles. The van der Waals surface area contributed by atoms with Crippen LogP contribution in [0.5, 0.6) is 0 Å². The van der Waals surface area contributed by atoms with Crippen molar-refractivity contribution in [2.45, 2.75) is 44.8 Å². The van der Waals surface area contributed by atoms with E-state index in [-0.39, 0.29) is 17.7 Å².